The van der Waals surface area contributed by atoms with Crippen LogP contribution in [0, 0.1) is 43.8 Å². The van der Waals surface area contributed by atoms with Gasteiger partial charge in [-0.2, -0.15) is 20.5 Å². The molecule has 0 fully saturated rings. The molecule has 0 heterocycles. The quantitative estimate of drug-likeness (QED) is 0.0514. The number of unbranched alkanes of at least 4 members (excludes halogenated alkanes) is 6. The predicted molar refractivity (Wildman–Crippen MR) is 230 cm³/mol. The number of hydrogen-bond acceptors (Lipinski definition) is 8. The Morgan fingerprint density at radius 2 is 1.02 bits per heavy atom. The summed E-state index contributed by atoms with van der Waals surface area (Å²) < 4.78 is 9.12. The molecule has 0 amide bonds. The van der Waals surface area contributed by atoms with Crippen molar-refractivity contribution in [2.24, 2.45) is 9.98 Å². The molecule has 4 rings (SSSR count). The minimum atomic E-state index is 0. The van der Waals surface area contributed by atoms with Crippen LogP contribution in [-0.2, 0) is 38.5 Å². The number of aliphatic imine (C=N–C) groups is 2. The van der Waals surface area contributed by atoms with Gasteiger partial charge in [0.05, 0.1) is 11.4 Å². The molecule has 8 heteroatoms. The maximum atomic E-state index is 10.1. The topological polar surface area (TPSA) is 125 Å². The molecule has 4 aromatic carbocycles. The Morgan fingerprint density at radius 1 is 0.536 bits per heavy atom. The minimum absolute atomic E-state index is 0. The zero-order chi connectivity index (χ0) is 40.9. The average Bonchev–Trinajstić information content (AvgIpc) is 3.20. The van der Waals surface area contributed by atoms with Gasteiger partial charge in [0.15, 0.2) is 0 Å². The van der Waals surface area contributed by atoms with Gasteiger partial charge in [-0.25, -0.2) is 9.59 Å². The first kappa shape index (κ1) is 52.3. The molecular weight excluding hydrogens is 697 g/mol. The third-order valence-electron chi connectivity index (χ3n) is 8.16. The van der Waals surface area contributed by atoms with E-state index in [0.717, 1.165) is 30.4 Å². The predicted octanol–water partition coefficient (Wildman–Crippen LogP) is 13.4. The van der Waals surface area contributed by atoms with E-state index in [-0.39, 0.29) is 7.43 Å². The molecule has 56 heavy (non-hydrogen) atoms. The highest BCUT2D eigenvalue weighted by molar-refractivity contribution is 5.51. The lowest BCUT2D eigenvalue weighted by Crippen LogP contribution is -1.87. The summed E-state index contributed by atoms with van der Waals surface area (Å²) in [7, 11) is 0. The van der Waals surface area contributed by atoms with Crippen molar-refractivity contribution < 1.29 is 19.1 Å². The van der Waals surface area contributed by atoms with Crippen LogP contribution in [0.1, 0.15) is 125 Å². The first-order valence-electron chi connectivity index (χ1n) is 19.2. The summed E-state index contributed by atoms with van der Waals surface area (Å²) in [4.78, 5) is 27.0. The molecule has 0 saturated heterocycles. The van der Waals surface area contributed by atoms with E-state index >= 15 is 0 Å². The number of nitrogens with zero attached hydrogens (tertiary/aromatic N) is 4. The van der Waals surface area contributed by atoms with Crippen LogP contribution >= 0.6 is 0 Å². The SMILES string of the molecule is C.CCCCC.CCCCCCCOC#N.CCc1ccc(COC#N)cc1.Cc1ccc(Cc2ccc(N=C=O)cc2)cc1.Cc1ccc(N=C=O)cc1C. The molecule has 0 unspecified atom stereocenters. The van der Waals surface area contributed by atoms with Gasteiger partial charge in [0.2, 0.25) is 12.2 Å². The molecule has 0 N–H and O–H groups in total. The zero-order valence-electron chi connectivity index (χ0n) is 34.1. The smallest absolute Gasteiger partial charge is 0.286 e. The molecule has 0 radical (unpaired) electrons. The molecule has 0 atom stereocenters. The fourth-order valence-electron chi connectivity index (χ4n) is 4.69. The van der Waals surface area contributed by atoms with Crippen molar-refractivity contribution in [1.29, 1.82) is 10.5 Å². The number of ether oxygens (including phenoxy) is 2. The van der Waals surface area contributed by atoms with Gasteiger partial charge < -0.3 is 9.47 Å². The standard InChI is InChI=1S/C15H13NO.C10H11NO.C9H9NO.C8H15NO.C5H12.CH4/c1-12-2-4-13(5-3-12)10-14-6-8-15(9-7-14)16-11-17;1-2-9-3-5-10(6-4-9)7-12-8-11;1-7-3-4-9(10-6-11)5-8(7)2;1-2-3-4-5-6-7-10-8-9;1-3-5-4-2;/h2-9H,10H2,1H3;3-6H,2,7H2,1H3;3-5H,1-2H3;2-7H2,1H3;3-5H2,1-2H3;1H4. The summed E-state index contributed by atoms with van der Waals surface area (Å²) in [6.45, 7) is 15.8. The van der Waals surface area contributed by atoms with E-state index in [1.165, 1.54) is 84.9 Å². The average molecular weight is 761 g/mol. The molecule has 0 saturated carbocycles. The molecule has 0 bridgehead atoms. The van der Waals surface area contributed by atoms with Crippen molar-refractivity contribution in [3.63, 3.8) is 0 Å². The van der Waals surface area contributed by atoms with E-state index in [1.54, 1.807) is 18.6 Å². The van der Waals surface area contributed by atoms with Crippen molar-refractivity contribution in [2.45, 2.75) is 127 Å². The number of aryl methyl sites for hydroxylation is 4. The molecule has 0 spiro atoms. The molecular formula is C48H64N4O4. The summed E-state index contributed by atoms with van der Waals surface area (Å²) in [6.07, 6.45) is 18.4. The Hall–Kier alpha value is -5.78. The van der Waals surface area contributed by atoms with Crippen molar-refractivity contribution in [3.8, 4) is 12.5 Å². The number of benzene rings is 4. The van der Waals surface area contributed by atoms with E-state index in [9.17, 15) is 9.59 Å². The second-order valence-corrected chi connectivity index (χ2v) is 12.8. The highest BCUT2D eigenvalue weighted by Crippen LogP contribution is 2.17. The Balaban J connectivity index is 0. The van der Waals surface area contributed by atoms with Crippen LogP contribution in [0.2, 0.25) is 0 Å². The number of nitriles is 2. The van der Waals surface area contributed by atoms with E-state index in [4.69, 9.17) is 10.5 Å². The number of rotatable bonds is 15. The normalized spacial score (nSPS) is 8.95. The first-order valence-corrected chi connectivity index (χ1v) is 19.2. The monoisotopic (exact) mass is 760 g/mol. The van der Waals surface area contributed by atoms with Gasteiger partial charge >= 0.3 is 0 Å². The lowest BCUT2D eigenvalue weighted by Gasteiger charge is -2.02. The van der Waals surface area contributed by atoms with Crippen molar-refractivity contribution in [1.82, 2.24) is 0 Å². The van der Waals surface area contributed by atoms with Gasteiger partial charge in [0, 0.05) is 0 Å². The molecule has 0 aliphatic carbocycles. The van der Waals surface area contributed by atoms with Gasteiger partial charge in [-0.15, -0.1) is 0 Å². The molecule has 8 nitrogen and oxygen atoms in total. The maximum absolute atomic E-state index is 10.1. The number of carbonyl (C=O) groups excluding carboxylic acids is 2. The van der Waals surface area contributed by atoms with Gasteiger partial charge in [-0.3, -0.25) is 0 Å². The Kier molecular flexibility index (Phi) is 33.8. The van der Waals surface area contributed by atoms with Gasteiger partial charge in [0.25, 0.3) is 12.5 Å². The maximum Gasteiger partial charge on any atom is 0.286 e. The number of isocyanates is 2. The molecule has 0 aliphatic rings. The molecule has 4 aromatic rings. The largest absolute Gasteiger partial charge is 0.428 e. The molecule has 0 aliphatic heterocycles. The summed E-state index contributed by atoms with van der Waals surface area (Å²) in [6, 6.07) is 29.8. The Bertz CT molecular complexity index is 1740. The van der Waals surface area contributed by atoms with Crippen molar-refractivity contribution >= 4 is 23.5 Å². The van der Waals surface area contributed by atoms with Crippen LogP contribution in [0.5, 0.6) is 0 Å². The summed E-state index contributed by atoms with van der Waals surface area (Å²) in [5.41, 5.74) is 9.75. The van der Waals surface area contributed by atoms with E-state index in [1.807, 2.05) is 62.4 Å². The second kappa shape index (κ2) is 36.2. The lowest BCUT2D eigenvalue weighted by atomic mass is 10.0. The van der Waals surface area contributed by atoms with E-state index in [0.29, 0.717) is 24.6 Å². The Morgan fingerprint density at radius 3 is 1.50 bits per heavy atom. The summed E-state index contributed by atoms with van der Waals surface area (Å²) in [5, 5.41) is 16.2. The minimum Gasteiger partial charge on any atom is -0.428 e. The van der Waals surface area contributed by atoms with Crippen LogP contribution < -0.4 is 0 Å². The van der Waals surface area contributed by atoms with E-state index < -0.39 is 0 Å². The van der Waals surface area contributed by atoms with Gasteiger partial charge in [0.1, 0.15) is 13.2 Å². The fourth-order valence-corrected chi connectivity index (χ4v) is 4.69. The van der Waals surface area contributed by atoms with Gasteiger partial charge in [-0.05, 0) is 97.7 Å². The van der Waals surface area contributed by atoms with Crippen LogP contribution in [0.25, 0.3) is 0 Å². The van der Waals surface area contributed by atoms with Crippen LogP contribution in [0.3, 0.4) is 0 Å². The third-order valence-corrected chi connectivity index (χ3v) is 8.16. The van der Waals surface area contributed by atoms with E-state index in [2.05, 4.69) is 90.5 Å². The highest BCUT2D eigenvalue weighted by Gasteiger charge is 1.97. The molecule has 0 aromatic heterocycles. The fraction of sp³-hybridized carbons (Fsp3) is 0.417. The highest BCUT2D eigenvalue weighted by atomic mass is 16.5. The zero-order valence-corrected chi connectivity index (χ0v) is 34.1. The summed E-state index contributed by atoms with van der Waals surface area (Å²) >= 11 is 0. The Labute approximate surface area is 338 Å². The second-order valence-electron chi connectivity index (χ2n) is 12.8. The van der Waals surface area contributed by atoms with Gasteiger partial charge in [-0.1, -0.05) is 152 Å². The van der Waals surface area contributed by atoms with Crippen molar-refractivity contribution in [2.75, 3.05) is 6.61 Å². The lowest BCUT2D eigenvalue weighted by molar-refractivity contribution is 0.257. The van der Waals surface area contributed by atoms with Crippen LogP contribution in [0.15, 0.2) is 101 Å². The third kappa shape index (κ3) is 27.8. The number of hydrogen-bond donors (Lipinski definition) is 0. The van der Waals surface area contributed by atoms with Crippen molar-refractivity contribution in [3.05, 3.63) is 130 Å². The van der Waals surface area contributed by atoms with Crippen LogP contribution in [-0.4, -0.2) is 18.8 Å². The summed E-state index contributed by atoms with van der Waals surface area (Å²) in [5.74, 6) is 0. The molecule has 300 valence electrons. The first-order chi connectivity index (χ1) is 26.7. The van der Waals surface area contributed by atoms with Crippen LogP contribution in [0.4, 0.5) is 11.4 Å².